The summed E-state index contributed by atoms with van der Waals surface area (Å²) in [5.41, 5.74) is 0. The minimum Gasteiger partial charge on any atom is -0.462 e. The molecule has 0 fully saturated rings. The molecule has 6 heteroatoms. The van der Waals surface area contributed by atoms with Gasteiger partial charge in [0.15, 0.2) is 6.10 Å². The highest BCUT2D eigenvalue weighted by atomic mass is 16.6. The molecule has 0 saturated heterocycles. The van der Waals surface area contributed by atoms with Crippen molar-refractivity contribution in [3.8, 4) is 0 Å². The average Bonchev–Trinajstić information content (AvgIpc) is 3.29. The van der Waals surface area contributed by atoms with Crippen LogP contribution in [-0.4, -0.2) is 37.2 Å². The van der Waals surface area contributed by atoms with E-state index in [0.717, 1.165) is 96.3 Å². The quantitative estimate of drug-likeness (QED) is 0.0199. The van der Waals surface area contributed by atoms with Gasteiger partial charge in [-0.05, 0) is 89.9 Å². The standard InChI is InChI=1S/C58H94O6/c1-4-7-10-13-16-19-22-25-27-28-29-31-33-36-39-42-45-48-51-57(60)63-54-55(53-62-56(59)50-47-44-41-38-35-32-24-21-18-15-12-9-6-3)64-58(61)52-49-46-43-40-37-34-30-26-23-20-17-14-11-8-5-2/h9,12,15-16,18-25,27-29,31-32,35,55H,4-8,10-11,13-14,17,26,30,33-34,36-54H2,1-3H3/b12-9-,18-15-,19-16-,23-20-,24-21-,25-22-,28-27-,31-29-,35-32-. The van der Waals surface area contributed by atoms with Crippen molar-refractivity contribution in [1.82, 2.24) is 0 Å². The predicted molar refractivity (Wildman–Crippen MR) is 274 cm³/mol. The van der Waals surface area contributed by atoms with Crippen molar-refractivity contribution in [3.63, 3.8) is 0 Å². The molecule has 0 aromatic carbocycles. The molecule has 0 aromatic heterocycles. The number of hydrogen-bond donors (Lipinski definition) is 0. The molecule has 0 aliphatic rings. The molecule has 1 atom stereocenters. The minimum atomic E-state index is -0.808. The van der Waals surface area contributed by atoms with Crippen LogP contribution in [0.1, 0.15) is 220 Å². The molecule has 0 radical (unpaired) electrons. The molecular formula is C58H94O6. The van der Waals surface area contributed by atoms with E-state index < -0.39 is 6.10 Å². The Kier molecular flexibility index (Phi) is 48.5. The molecule has 0 aromatic rings. The smallest absolute Gasteiger partial charge is 0.306 e. The molecule has 0 aliphatic heterocycles. The van der Waals surface area contributed by atoms with Crippen LogP contribution in [0.5, 0.6) is 0 Å². The molecule has 0 amide bonds. The zero-order valence-electron chi connectivity index (χ0n) is 41.3. The zero-order valence-corrected chi connectivity index (χ0v) is 41.3. The number of hydrogen-bond acceptors (Lipinski definition) is 6. The number of unbranched alkanes of at least 4 members (excludes halogenated alkanes) is 22. The van der Waals surface area contributed by atoms with E-state index in [1.807, 2.05) is 36.5 Å². The van der Waals surface area contributed by atoms with E-state index in [0.29, 0.717) is 19.3 Å². The maximum Gasteiger partial charge on any atom is 0.306 e. The van der Waals surface area contributed by atoms with Gasteiger partial charge in [0.05, 0.1) is 0 Å². The van der Waals surface area contributed by atoms with Crippen molar-refractivity contribution in [1.29, 1.82) is 0 Å². The summed E-state index contributed by atoms with van der Waals surface area (Å²) in [6.45, 7) is 6.37. The Balaban J connectivity index is 4.51. The van der Waals surface area contributed by atoms with Crippen molar-refractivity contribution >= 4 is 17.9 Å². The third-order valence-corrected chi connectivity index (χ3v) is 10.7. The highest BCUT2D eigenvalue weighted by Crippen LogP contribution is 2.13. The maximum atomic E-state index is 12.8. The Morgan fingerprint density at radius 2 is 0.625 bits per heavy atom. The summed E-state index contributed by atoms with van der Waals surface area (Å²) in [6, 6.07) is 0. The molecule has 0 rings (SSSR count). The predicted octanol–water partition coefficient (Wildman–Crippen LogP) is 17.1. The van der Waals surface area contributed by atoms with Crippen LogP contribution in [0.25, 0.3) is 0 Å². The molecule has 0 saturated carbocycles. The number of rotatable bonds is 45. The van der Waals surface area contributed by atoms with E-state index in [2.05, 4.69) is 93.7 Å². The van der Waals surface area contributed by atoms with Gasteiger partial charge >= 0.3 is 17.9 Å². The van der Waals surface area contributed by atoms with Gasteiger partial charge in [-0.1, -0.05) is 220 Å². The number of carbonyl (C=O) groups excluding carboxylic acids is 3. The van der Waals surface area contributed by atoms with E-state index in [9.17, 15) is 14.4 Å². The Morgan fingerprint density at radius 3 is 1.05 bits per heavy atom. The van der Waals surface area contributed by atoms with Gasteiger partial charge in [-0.25, -0.2) is 0 Å². The fraction of sp³-hybridized carbons (Fsp3) is 0.638. The van der Waals surface area contributed by atoms with E-state index in [-0.39, 0.29) is 31.1 Å². The topological polar surface area (TPSA) is 78.9 Å². The molecule has 6 nitrogen and oxygen atoms in total. The second-order valence-corrected chi connectivity index (χ2v) is 16.9. The molecule has 0 spiro atoms. The molecule has 1 unspecified atom stereocenters. The second kappa shape index (κ2) is 51.7. The normalized spacial score (nSPS) is 13.0. The molecule has 0 bridgehead atoms. The average molecular weight is 887 g/mol. The minimum absolute atomic E-state index is 0.107. The lowest BCUT2D eigenvalue weighted by Gasteiger charge is -2.18. The first-order valence-corrected chi connectivity index (χ1v) is 26.0. The SMILES string of the molecule is CC\C=C/C=C\C=C/C=C\CCCCCC(=O)OCC(COC(=O)CCCCCCC\C=C/C=C\C=C/C=C\CCCCC)OC(=O)CCCCCCCCC/C=C\CCCCCC. The third kappa shape index (κ3) is 49.1. The summed E-state index contributed by atoms with van der Waals surface area (Å²) >= 11 is 0. The van der Waals surface area contributed by atoms with E-state index in [1.54, 1.807) is 0 Å². The number of carbonyl (C=O) groups is 3. The van der Waals surface area contributed by atoms with Gasteiger partial charge in [-0.3, -0.25) is 14.4 Å². The van der Waals surface area contributed by atoms with Gasteiger partial charge in [-0.15, -0.1) is 0 Å². The first-order chi connectivity index (χ1) is 31.5. The van der Waals surface area contributed by atoms with Crippen molar-refractivity contribution < 1.29 is 28.6 Å². The summed E-state index contributed by atoms with van der Waals surface area (Å²) in [4.78, 5) is 38.0. The first kappa shape index (κ1) is 60.1. The monoisotopic (exact) mass is 887 g/mol. The Morgan fingerprint density at radius 1 is 0.328 bits per heavy atom. The van der Waals surface area contributed by atoms with E-state index in [4.69, 9.17) is 14.2 Å². The maximum absolute atomic E-state index is 12.8. The fourth-order valence-corrected chi connectivity index (χ4v) is 6.75. The van der Waals surface area contributed by atoms with Crippen LogP contribution in [0.15, 0.2) is 109 Å². The van der Waals surface area contributed by atoms with E-state index >= 15 is 0 Å². The van der Waals surface area contributed by atoms with Crippen LogP contribution in [0.3, 0.4) is 0 Å². The Bertz CT molecular complexity index is 1340. The van der Waals surface area contributed by atoms with Crippen LogP contribution >= 0.6 is 0 Å². The van der Waals surface area contributed by atoms with Gasteiger partial charge < -0.3 is 14.2 Å². The summed E-state index contributed by atoms with van der Waals surface area (Å²) < 4.78 is 16.7. The van der Waals surface area contributed by atoms with Crippen molar-refractivity contribution in [2.75, 3.05) is 13.2 Å². The van der Waals surface area contributed by atoms with Crippen LogP contribution in [0, 0.1) is 0 Å². The van der Waals surface area contributed by atoms with Crippen LogP contribution < -0.4 is 0 Å². The summed E-state index contributed by atoms with van der Waals surface area (Å²) in [6.07, 6.45) is 69.2. The third-order valence-electron chi connectivity index (χ3n) is 10.7. The van der Waals surface area contributed by atoms with Gasteiger partial charge in [0.25, 0.3) is 0 Å². The van der Waals surface area contributed by atoms with Crippen LogP contribution in [-0.2, 0) is 28.6 Å². The highest BCUT2D eigenvalue weighted by molar-refractivity contribution is 5.71. The van der Waals surface area contributed by atoms with Gasteiger partial charge in [0.1, 0.15) is 13.2 Å². The largest absolute Gasteiger partial charge is 0.462 e. The Labute approximate surface area is 393 Å². The number of ether oxygens (including phenoxy) is 3. The summed E-state index contributed by atoms with van der Waals surface area (Å²) in [5.74, 6) is -0.977. The van der Waals surface area contributed by atoms with Crippen LogP contribution in [0.2, 0.25) is 0 Å². The highest BCUT2D eigenvalue weighted by Gasteiger charge is 2.19. The molecule has 362 valence electrons. The molecule has 0 aliphatic carbocycles. The first-order valence-electron chi connectivity index (χ1n) is 26.0. The lowest BCUT2D eigenvalue weighted by atomic mass is 10.1. The fourth-order valence-electron chi connectivity index (χ4n) is 6.75. The lowest BCUT2D eigenvalue weighted by Crippen LogP contribution is -2.30. The number of esters is 3. The molecule has 0 N–H and O–H groups in total. The van der Waals surface area contributed by atoms with Crippen molar-refractivity contribution in [2.24, 2.45) is 0 Å². The Hall–Kier alpha value is -3.93. The molecular weight excluding hydrogens is 793 g/mol. The number of allylic oxidation sites excluding steroid dienone is 18. The van der Waals surface area contributed by atoms with E-state index in [1.165, 1.54) is 83.5 Å². The van der Waals surface area contributed by atoms with Gasteiger partial charge in [0.2, 0.25) is 0 Å². The zero-order chi connectivity index (χ0) is 46.5. The molecule has 0 heterocycles. The van der Waals surface area contributed by atoms with Crippen molar-refractivity contribution in [2.45, 2.75) is 226 Å². The van der Waals surface area contributed by atoms with Gasteiger partial charge in [0, 0.05) is 19.3 Å². The summed E-state index contributed by atoms with van der Waals surface area (Å²) in [7, 11) is 0. The van der Waals surface area contributed by atoms with Crippen molar-refractivity contribution in [3.05, 3.63) is 109 Å². The molecule has 64 heavy (non-hydrogen) atoms. The summed E-state index contributed by atoms with van der Waals surface area (Å²) in [5, 5.41) is 0. The lowest BCUT2D eigenvalue weighted by molar-refractivity contribution is -0.167. The second-order valence-electron chi connectivity index (χ2n) is 16.9. The van der Waals surface area contributed by atoms with Gasteiger partial charge in [-0.2, -0.15) is 0 Å². The van der Waals surface area contributed by atoms with Crippen LogP contribution in [0.4, 0.5) is 0 Å².